The molecular formula is C42H83N2+. The zero-order valence-electron chi connectivity index (χ0n) is 31.1. The van der Waals surface area contributed by atoms with Gasteiger partial charge in [-0.2, -0.15) is 0 Å². The number of hydrogen-bond acceptors (Lipinski definition) is 0. The second-order valence-corrected chi connectivity index (χ2v) is 14.7. The number of imidazole rings is 1. The summed E-state index contributed by atoms with van der Waals surface area (Å²) in [6.45, 7) is 9.41. The van der Waals surface area contributed by atoms with Gasteiger partial charge in [-0.3, -0.25) is 0 Å². The molecular weight excluding hydrogens is 532 g/mol. The van der Waals surface area contributed by atoms with Gasteiger partial charge in [0.1, 0.15) is 12.4 Å². The molecule has 0 fully saturated rings. The third-order valence-corrected chi connectivity index (χ3v) is 10.4. The second-order valence-electron chi connectivity index (χ2n) is 14.7. The summed E-state index contributed by atoms with van der Waals surface area (Å²) in [5.74, 6) is 2.25. The Morgan fingerprint density at radius 2 is 0.727 bits per heavy atom. The van der Waals surface area contributed by atoms with Crippen LogP contribution in [0.5, 0.6) is 0 Å². The van der Waals surface area contributed by atoms with Gasteiger partial charge in [0.05, 0.1) is 12.0 Å². The maximum Gasteiger partial charge on any atom is 0.257 e. The van der Waals surface area contributed by atoms with E-state index in [-0.39, 0.29) is 0 Å². The third-order valence-electron chi connectivity index (χ3n) is 10.4. The fourth-order valence-corrected chi connectivity index (χ4v) is 7.31. The predicted molar refractivity (Wildman–Crippen MR) is 198 cm³/mol. The van der Waals surface area contributed by atoms with E-state index in [0.29, 0.717) is 12.0 Å². The van der Waals surface area contributed by atoms with Gasteiger partial charge in [-0.15, -0.1) is 0 Å². The second kappa shape index (κ2) is 32.2. The van der Waals surface area contributed by atoms with Crippen molar-refractivity contribution in [1.29, 1.82) is 0 Å². The number of aromatic amines is 1. The lowest BCUT2D eigenvalue weighted by Gasteiger charge is -2.17. The average Bonchev–Trinajstić information content (AvgIpc) is 3.53. The van der Waals surface area contributed by atoms with E-state index >= 15 is 0 Å². The molecule has 0 aromatic carbocycles. The van der Waals surface area contributed by atoms with Gasteiger partial charge >= 0.3 is 0 Å². The van der Waals surface area contributed by atoms with Gasteiger partial charge in [0.25, 0.3) is 5.82 Å². The Labute approximate surface area is 278 Å². The molecule has 1 N–H and O–H groups in total. The summed E-state index contributed by atoms with van der Waals surface area (Å²) in [5, 5.41) is 0. The highest BCUT2D eigenvalue weighted by atomic mass is 15.1. The molecule has 44 heavy (non-hydrogen) atoms. The van der Waals surface area contributed by atoms with Crippen LogP contribution in [0.4, 0.5) is 0 Å². The van der Waals surface area contributed by atoms with Crippen LogP contribution in [0.1, 0.15) is 257 Å². The molecule has 2 unspecified atom stereocenters. The topological polar surface area (TPSA) is 19.7 Å². The van der Waals surface area contributed by atoms with Gasteiger partial charge in [-0.25, -0.2) is 9.55 Å². The summed E-state index contributed by atoms with van der Waals surface area (Å²) in [7, 11) is 0. The van der Waals surface area contributed by atoms with Gasteiger partial charge in [0.2, 0.25) is 0 Å². The molecule has 0 aliphatic carbocycles. The van der Waals surface area contributed by atoms with Crippen LogP contribution in [0.3, 0.4) is 0 Å². The van der Waals surface area contributed by atoms with Gasteiger partial charge < -0.3 is 0 Å². The zero-order chi connectivity index (χ0) is 31.8. The van der Waals surface area contributed by atoms with Crippen molar-refractivity contribution in [3.8, 4) is 0 Å². The molecule has 1 aromatic heterocycles. The highest BCUT2D eigenvalue weighted by Gasteiger charge is 2.25. The monoisotopic (exact) mass is 616 g/mol. The number of H-pyrrole nitrogens is 1. The van der Waals surface area contributed by atoms with E-state index in [0.717, 1.165) is 0 Å². The van der Waals surface area contributed by atoms with Gasteiger partial charge in [-0.05, 0) is 32.6 Å². The molecule has 0 bridgehead atoms. The van der Waals surface area contributed by atoms with Crippen molar-refractivity contribution < 1.29 is 4.57 Å². The number of aromatic nitrogens is 2. The summed E-state index contributed by atoms with van der Waals surface area (Å²) >= 11 is 0. The maximum absolute atomic E-state index is 3.75. The first-order valence-corrected chi connectivity index (χ1v) is 20.8. The van der Waals surface area contributed by atoms with E-state index in [1.165, 1.54) is 218 Å². The Morgan fingerprint density at radius 3 is 1.07 bits per heavy atom. The number of hydrogen-bond donors (Lipinski definition) is 1. The zero-order valence-corrected chi connectivity index (χ0v) is 31.1. The van der Waals surface area contributed by atoms with Crippen molar-refractivity contribution in [3.05, 3.63) is 18.2 Å². The molecule has 260 valence electrons. The normalized spacial score (nSPS) is 13.1. The Morgan fingerprint density at radius 1 is 0.432 bits per heavy atom. The Bertz CT molecular complexity index is 679. The van der Waals surface area contributed by atoms with Gasteiger partial charge in [0.15, 0.2) is 0 Å². The minimum atomic E-state index is 0.620. The summed E-state index contributed by atoms with van der Waals surface area (Å²) in [4.78, 5) is 3.75. The van der Waals surface area contributed by atoms with Crippen molar-refractivity contribution in [2.24, 2.45) is 0 Å². The van der Waals surface area contributed by atoms with Crippen LogP contribution in [-0.2, 0) is 0 Å². The fraction of sp³-hybridized carbons (Fsp3) is 0.929. The van der Waals surface area contributed by atoms with Crippen LogP contribution >= 0.6 is 0 Å². The minimum Gasteiger partial charge on any atom is -0.247 e. The molecule has 0 spiro atoms. The maximum atomic E-state index is 3.75. The van der Waals surface area contributed by atoms with Crippen LogP contribution in [-0.4, -0.2) is 4.98 Å². The summed E-state index contributed by atoms with van der Waals surface area (Å²) < 4.78 is 2.63. The van der Waals surface area contributed by atoms with Crippen molar-refractivity contribution in [2.45, 2.75) is 252 Å². The first kappa shape index (κ1) is 41.2. The molecule has 0 radical (unpaired) electrons. The van der Waals surface area contributed by atoms with Crippen LogP contribution in [0.15, 0.2) is 12.4 Å². The molecule has 0 saturated heterocycles. The molecule has 1 aromatic rings. The summed E-state index contributed by atoms with van der Waals surface area (Å²) in [6, 6.07) is 0.620. The quantitative estimate of drug-likeness (QED) is 0.0579. The van der Waals surface area contributed by atoms with Crippen LogP contribution in [0.25, 0.3) is 0 Å². The van der Waals surface area contributed by atoms with Crippen LogP contribution in [0.2, 0.25) is 0 Å². The summed E-state index contributed by atoms with van der Waals surface area (Å²) in [6.07, 6.45) is 51.7. The Hall–Kier alpha value is -0.790. The number of unbranched alkanes of at least 4 members (excludes halogenated alkanes) is 27. The van der Waals surface area contributed by atoms with Gasteiger partial charge in [-0.1, -0.05) is 207 Å². The van der Waals surface area contributed by atoms with Crippen molar-refractivity contribution in [2.75, 3.05) is 0 Å². The highest BCUT2D eigenvalue weighted by Crippen LogP contribution is 2.27. The van der Waals surface area contributed by atoms with Crippen molar-refractivity contribution in [1.82, 2.24) is 4.98 Å². The van der Waals surface area contributed by atoms with E-state index in [1.807, 2.05) is 0 Å². The largest absolute Gasteiger partial charge is 0.257 e. The lowest BCUT2D eigenvalue weighted by atomic mass is 9.92. The minimum absolute atomic E-state index is 0.620. The van der Waals surface area contributed by atoms with Crippen LogP contribution < -0.4 is 4.57 Å². The molecule has 0 amide bonds. The number of nitrogens with zero attached hydrogens (tertiary/aromatic N) is 1. The molecule has 2 atom stereocenters. The highest BCUT2D eigenvalue weighted by molar-refractivity contribution is 4.90. The smallest absolute Gasteiger partial charge is 0.247 e. The van der Waals surface area contributed by atoms with Crippen LogP contribution in [0, 0.1) is 0 Å². The van der Waals surface area contributed by atoms with E-state index in [4.69, 9.17) is 0 Å². The number of nitrogens with one attached hydrogen (secondary N) is 1. The molecule has 1 rings (SSSR count). The van der Waals surface area contributed by atoms with E-state index < -0.39 is 0 Å². The average molecular weight is 616 g/mol. The number of rotatable bonds is 35. The fourth-order valence-electron chi connectivity index (χ4n) is 7.31. The molecule has 0 saturated carbocycles. The standard InChI is InChI=1S/C42H82N2/c1-5-8-11-14-17-19-20-21-22-23-24-26-28-31-34-37-41(36-33-30-27-25-18-15-12-9-6-2)42-43-38-39-44(42)40(4)35-32-29-16-13-10-7-3/h38-41H,5-37H2,1-4H3/p+1. The first-order valence-electron chi connectivity index (χ1n) is 20.8. The Balaban J connectivity index is 2.36. The molecule has 1 heterocycles. The first-order chi connectivity index (χ1) is 21.7. The SMILES string of the molecule is CCCCCCCCCCCCCCCCCC(CCCCCCCCCCC)c1[nH]cc[n+]1C(C)CCCCCCCC. The molecule has 0 aliphatic rings. The van der Waals surface area contributed by atoms with E-state index in [1.54, 1.807) is 0 Å². The summed E-state index contributed by atoms with van der Waals surface area (Å²) in [5.41, 5.74) is 0. The molecule has 2 nitrogen and oxygen atoms in total. The molecule has 2 heteroatoms. The van der Waals surface area contributed by atoms with Crippen molar-refractivity contribution >= 4 is 0 Å². The van der Waals surface area contributed by atoms with Crippen molar-refractivity contribution in [3.63, 3.8) is 0 Å². The Kier molecular flexibility index (Phi) is 30.1. The predicted octanol–water partition coefficient (Wildman–Crippen LogP) is 14.9. The third kappa shape index (κ3) is 23.5. The lowest BCUT2D eigenvalue weighted by Crippen LogP contribution is -2.41. The molecule has 0 aliphatic heterocycles. The lowest BCUT2D eigenvalue weighted by molar-refractivity contribution is -0.727. The van der Waals surface area contributed by atoms with E-state index in [2.05, 4.69) is 49.6 Å². The van der Waals surface area contributed by atoms with E-state index in [9.17, 15) is 0 Å². The van der Waals surface area contributed by atoms with Gasteiger partial charge in [0, 0.05) is 0 Å².